The first-order valence-electron chi connectivity index (χ1n) is 8.58. The fourth-order valence-corrected chi connectivity index (χ4v) is 3.60. The number of nitro benzene ring substituents is 1. The summed E-state index contributed by atoms with van der Waals surface area (Å²) in [5.41, 5.74) is 1.02. The standard InChI is InChI=1S/C19H19N3O4S/c23-18(6-5-14-3-1-2-4-17(14)22(25)26)21-10-7-16(8-11-21)20-19(24)15-9-12-27-13-15/h1-6,9,12-13,16H,7-8,10-11H2,(H,20,24)/b6-5+. The van der Waals surface area contributed by atoms with Gasteiger partial charge in [-0.1, -0.05) is 12.1 Å². The molecular weight excluding hydrogens is 366 g/mol. The predicted octanol–water partition coefficient (Wildman–Crippen LogP) is 3.09. The molecule has 140 valence electrons. The van der Waals surface area contributed by atoms with E-state index in [-0.39, 0.29) is 23.5 Å². The Morgan fingerprint density at radius 2 is 1.96 bits per heavy atom. The van der Waals surface area contributed by atoms with Crippen molar-refractivity contribution in [2.45, 2.75) is 18.9 Å². The van der Waals surface area contributed by atoms with E-state index in [1.54, 1.807) is 29.2 Å². The first-order valence-corrected chi connectivity index (χ1v) is 9.52. The summed E-state index contributed by atoms with van der Waals surface area (Å²) in [7, 11) is 0. The zero-order valence-electron chi connectivity index (χ0n) is 14.5. The minimum Gasteiger partial charge on any atom is -0.349 e. The minimum absolute atomic E-state index is 0.0311. The number of nitrogens with zero attached hydrogens (tertiary/aromatic N) is 2. The van der Waals surface area contributed by atoms with Crippen LogP contribution in [-0.4, -0.2) is 40.8 Å². The molecule has 8 heteroatoms. The third-order valence-electron chi connectivity index (χ3n) is 4.46. The second kappa shape index (κ2) is 8.59. The minimum atomic E-state index is -0.466. The number of likely N-dealkylation sites (tertiary alicyclic amines) is 1. The van der Waals surface area contributed by atoms with Crippen molar-refractivity contribution in [1.82, 2.24) is 10.2 Å². The highest BCUT2D eigenvalue weighted by Crippen LogP contribution is 2.19. The number of carbonyl (C=O) groups is 2. The zero-order valence-corrected chi connectivity index (χ0v) is 15.4. The number of para-hydroxylation sites is 1. The lowest BCUT2D eigenvalue weighted by atomic mass is 10.0. The molecule has 1 aliphatic rings. The molecule has 0 aliphatic carbocycles. The van der Waals surface area contributed by atoms with Crippen LogP contribution < -0.4 is 5.32 Å². The van der Waals surface area contributed by atoms with Crippen LogP contribution >= 0.6 is 11.3 Å². The number of amides is 2. The normalized spacial score (nSPS) is 15.0. The average molecular weight is 385 g/mol. The number of hydrogen-bond donors (Lipinski definition) is 1. The van der Waals surface area contributed by atoms with Crippen LogP contribution in [0, 0.1) is 10.1 Å². The van der Waals surface area contributed by atoms with Crippen LogP contribution in [0.3, 0.4) is 0 Å². The van der Waals surface area contributed by atoms with Gasteiger partial charge < -0.3 is 10.2 Å². The summed E-state index contributed by atoms with van der Waals surface area (Å²) >= 11 is 1.48. The van der Waals surface area contributed by atoms with Gasteiger partial charge in [-0.15, -0.1) is 0 Å². The van der Waals surface area contributed by atoms with Crippen LogP contribution in [-0.2, 0) is 4.79 Å². The Morgan fingerprint density at radius 3 is 2.63 bits per heavy atom. The van der Waals surface area contributed by atoms with Gasteiger partial charge in [0.15, 0.2) is 0 Å². The van der Waals surface area contributed by atoms with E-state index in [1.165, 1.54) is 29.6 Å². The zero-order chi connectivity index (χ0) is 19.2. The summed E-state index contributed by atoms with van der Waals surface area (Å²) in [4.78, 5) is 36.7. The largest absolute Gasteiger partial charge is 0.349 e. The smallest absolute Gasteiger partial charge is 0.276 e. The van der Waals surface area contributed by atoms with E-state index in [4.69, 9.17) is 0 Å². The Balaban J connectivity index is 1.53. The van der Waals surface area contributed by atoms with Crippen molar-refractivity contribution >= 4 is 34.9 Å². The van der Waals surface area contributed by atoms with Crippen LogP contribution in [0.1, 0.15) is 28.8 Å². The van der Waals surface area contributed by atoms with Crippen molar-refractivity contribution in [2.75, 3.05) is 13.1 Å². The number of piperidine rings is 1. The van der Waals surface area contributed by atoms with E-state index in [0.717, 1.165) is 0 Å². The van der Waals surface area contributed by atoms with E-state index < -0.39 is 4.92 Å². The molecule has 27 heavy (non-hydrogen) atoms. The first-order chi connectivity index (χ1) is 13.0. The van der Waals surface area contributed by atoms with Crippen molar-refractivity contribution in [1.29, 1.82) is 0 Å². The Labute approximate surface area is 160 Å². The Bertz CT molecular complexity index is 856. The van der Waals surface area contributed by atoms with E-state index in [1.807, 2.05) is 10.8 Å². The number of benzene rings is 1. The molecule has 0 radical (unpaired) electrons. The molecule has 0 bridgehead atoms. The summed E-state index contributed by atoms with van der Waals surface area (Å²) in [6, 6.07) is 8.12. The molecule has 2 heterocycles. The molecule has 1 saturated heterocycles. The van der Waals surface area contributed by atoms with Crippen molar-refractivity contribution in [3.05, 3.63) is 68.4 Å². The number of nitro groups is 1. The summed E-state index contributed by atoms with van der Waals surface area (Å²) in [5, 5.41) is 17.7. The maximum Gasteiger partial charge on any atom is 0.276 e. The van der Waals surface area contributed by atoms with Crippen molar-refractivity contribution in [3.8, 4) is 0 Å². The number of hydrogen-bond acceptors (Lipinski definition) is 5. The maximum atomic E-state index is 12.4. The van der Waals surface area contributed by atoms with E-state index in [9.17, 15) is 19.7 Å². The molecule has 3 rings (SSSR count). The van der Waals surface area contributed by atoms with Gasteiger partial charge in [0.05, 0.1) is 10.5 Å². The highest BCUT2D eigenvalue weighted by Gasteiger charge is 2.23. The number of nitrogens with one attached hydrogen (secondary N) is 1. The van der Waals surface area contributed by atoms with Crippen LogP contribution in [0.25, 0.3) is 6.08 Å². The van der Waals surface area contributed by atoms with E-state index in [0.29, 0.717) is 37.1 Å². The van der Waals surface area contributed by atoms with Crippen molar-refractivity contribution in [3.63, 3.8) is 0 Å². The van der Waals surface area contributed by atoms with Gasteiger partial charge >= 0.3 is 0 Å². The molecular formula is C19H19N3O4S. The average Bonchev–Trinajstić information content (AvgIpc) is 3.22. The molecule has 1 aromatic heterocycles. The van der Waals surface area contributed by atoms with Crippen molar-refractivity contribution < 1.29 is 14.5 Å². The lowest BCUT2D eigenvalue weighted by Crippen LogP contribution is -2.46. The lowest BCUT2D eigenvalue weighted by Gasteiger charge is -2.31. The molecule has 2 amide bonds. The predicted molar refractivity (Wildman–Crippen MR) is 104 cm³/mol. The monoisotopic (exact) mass is 385 g/mol. The Morgan fingerprint density at radius 1 is 1.22 bits per heavy atom. The van der Waals surface area contributed by atoms with Gasteiger partial charge in [-0.25, -0.2) is 0 Å². The van der Waals surface area contributed by atoms with Gasteiger partial charge in [-0.3, -0.25) is 19.7 Å². The Hall–Kier alpha value is -3.00. The van der Waals surface area contributed by atoms with E-state index in [2.05, 4.69) is 5.32 Å². The van der Waals surface area contributed by atoms with Gasteiger partial charge in [0.2, 0.25) is 5.91 Å². The van der Waals surface area contributed by atoms with Gasteiger partial charge in [0.25, 0.3) is 11.6 Å². The van der Waals surface area contributed by atoms with Crippen LogP contribution in [0.4, 0.5) is 5.69 Å². The first kappa shape index (κ1) is 18.8. The topological polar surface area (TPSA) is 92.6 Å². The SMILES string of the molecule is O=C(NC1CCN(C(=O)/C=C/c2ccccc2[N+](=O)[O-])CC1)c1ccsc1. The third kappa shape index (κ3) is 4.79. The Kier molecular flexibility index (Phi) is 5.97. The molecule has 2 aromatic rings. The molecule has 1 N–H and O–H groups in total. The second-order valence-electron chi connectivity index (χ2n) is 6.23. The number of thiophene rings is 1. The van der Waals surface area contributed by atoms with Crippen LogP contribution in [0.2, 0.25) is 0 Å². The maximum absolute atomic E-state index is 12.4. The van der Waals surface area contributed by atoms with Gasteiger partial charge in [-0.2, -0.15) is 11.3 Å². The summed E-state index contributed by atoms with van der Waals surface area (Å²) in [6.45, 7) is 1.07. The summed E-state index contributed by atoms with van der Waals surface area (Å²) < 4.78 is 0. The molecule has 0 atom stereocenters. The highest BCUT2D eigenvalue weighted by molar-refractivity contribution is 7.08. The molecule has 0 unspecified atom stereocenters. The van der Waals surface area contributed by atoms with Crippen LogP contribution in [0.5, 0.6) is 0 Å². The lowest BCUT2D eigenvalue weighted by molar-refractivity contribution is -0.385. The van der Waals surface area contributed by atoms with Gasteiger partial charge in [0.1, 0.15) is 0 Å². The van der Waals surface area contributed by atoms with Crippen molar-refractivity contribution in [2.24, 2.45) is 0 Å². The quantitative estimate of drug-likeness (QED) is 0.486. The van der Waals surface area contributed by atoms with Gasteiger partial charge in [-0.05, 0) is 36.4 Å². The highest BCUT2D eigenvalue weighted by atomic mass is 32.1. The molecule has 1 aromatic carbocycles. The number of rotatable bonds is 5. The molecule has 1 aliphatic heterocycles. The fraction of sp³-hybridized carbons (Fsp3) is 0.263. The molecule has 7 nitrogen and oxygen atoms in total. The summed E-state index contributed by atoms with van der Waals surface area (Å²) in [6.07, 6.45) is 4.21. The summed E-state index contributed by atoms with van der Waals surface area (Å²) in [5.74, 6) is -0.270. The van der Waals surface area contributed by atoms with Gasteiger partial charge in [0, 0.05) is 42.2 Å². The van der Waals surface area contributed by atoms with E-state index >= 15 is 0 Å². The molecule has 0 saturated carbocycles. The second-order valence-corrected chi connectivity index (χ2v) is 7.01. The molecule has 1 fully saturated rings. The number of carbonyl (C=O) groups excluding carboxylic acids is 2. The van der Waals surface area contributed by atoms with Crippen LogP contribution in [0.15, 0.2) is 47.2 Å². The molecule has 0 spiro atoms. The fourth-order valence-electron chi connectivity index (χ4n) is 2.97. The third-order valence-corrected chi connectivity index (χ3v) is 5.15.